The second kappa shape index (κ2) is 5.33. The molecule has 4 aromatic heterocycles. The van der Waals surface area contributed by atoms with Gasteiger partial charge in [0.1, 0.15) is 18.3 Å². The fourth-order valence-corrected chi connectivity index (χ4v) is 2.99. The fourth-order valence-electron chi connectivity index (χ4n) is 2.99. The van der Waals surface area contributed by atoms with Crippen molar-refractivity contribution in [2.75, 3.05) is 0 Å². The quantitative estimate of drug-likeness (QED) is 0.510. The van der Waals surface area contributed by atoms with Crippen LogP contribution in [0.4, 0.5) is 0 Å². The minimum Gasteiger partial charge on any atom is -0.305 e. The third-order valence-corrected chi connectivity index (χ3v) is 4.35. The Morgan fingerprint density at radius 2 is 2.00 bits per heavy atom. The third kappa shape index (κ3) is 2.49. The molecule has 0 aromatic carbocycles. The van der Waals surface area contributed by atoms with Crippen LogP contribution in [0.5, 0.6) is 0 Å². The second-order valence-corrected chi connectivity index (χ2v) is 6.22. The Morgan fingerprint density at radius 1 is 1.16 bits per heavy atom. The van der Waals surface area contributed by atoms with E-state index in [0.717, 1.165) is 17.0 Å². The van der Waals surface area contributed by atoms with Gasteiger partial charge in [0.05, 0.1) is 24.1 Å². The minimum atomic E-state index is 0.310. The van der Waals surface area contributed by atoms with Crippen LogP contribution in [0.3, 0.4) is 0 Å². The summed E-state index contributed by atoms with van der Waals surface area (Å²) in [5, 5.41) is 15.5. The molecule has 0 aliphatic heterocycles. The average molecular weight is 334 g/mol. The van der Waals surface area contributed by atoms with Gasteiger partial charge in [-0.2, -0.15) is 0 Å². The van der Waals surface area contributed by atoms with Gasteiger partial charge in [-0.3, -0.25) is 9.36 Å². The van der Waals surface area contributed by atoms with Gasteiger partial charge in [-0.25, -0.2) is 9.67 Å². The van der Waals surface area contributed by atoms with E-state index in [0.29, 0.717) is 24.4 Å². The first kappa shape index (κ1) is 14.0. The number of aromatic nitrogens is 8. The number of pyridine rings is 1. The molecule has 1 saturated carbocycles. The number of fused-ring (bicyclic) bond motifs is 1. The molecule has 0 saturated heterocycles. The Kier molecular flexibility index (Phi) is 2.99. The van der Waals surface area contributed by atoms with Gasteiger partial charge in [-0.15, -0.1) is 15.3 Å². The summed E-state index contributed by atoms with van der Waals surface area (Å²) in [7, 11) is 0. The van der Waals surface area contributed by atoms with Crippen molar-refractivity contribution < 1.29 is 4.79 Å². The standard InChI is InChI=1S/C16H14N8O/c25-8-14-7-24(21-20-14)6-13-5-22-4-12(11-1-2-11)3-15(16(22)19-13)23-9-17-18-10-23/h3-5,7-11H,1-2,6H2. The number of imidazole rings is 1. The van der Waals surface area contributed by atoms with Crippen molar-refractivity contribution in [1.29, 1.82) is 0 Å². The van der Waals surface area contributed by atoms with Crippen LogP contribution in [-0.2, 0) is 6.54 Å². The Balaban J connectivity index is 1.60. The highest BCUT2D eigenvalue weighted by Crippen LogP contribution is 2.41. The van der Waals surface area contributed by atoms with E-state index >= 15 is 0 Å². The van der Waals surface area contributed by atoms with Crippen LogP contribution < -0.4 is 0 Å². The first-order chi connectivity index (χ1) is 12.3. The normalized spacial score (nSPS) is 14.2. The summed E-state index contributed by atoms with van der Waals surface area (Å²) >= 11 is 0. The Bertz CT molecular complexity index is 1060. The maximum Gasteiger partial charge on any atom is 0.171 e. The lowest BCUT2D eigenvalue weighted by atomic mass is 10.2. The van der Waals surface area contributed by atoms with E-state index in [-0.39, 0.29) is 0 Å². The highest BCUT2D eigenvalue weighted by atomic mass is 16.1. The molecule has 0 bridgehead atoms. The summed E-state index contributed by atoms with van der Waals surface area (Å²) in [6.07, 6.45) is 12.2. The summed E-state index contributed by atoms with van der Waals surface area (Å²) in [6.45, 7) is 0.447. The van der Waals surface area contributed by atoms with E-state index in [4.69, 9.17) is 4.98 Å². The van der Waals surface area contributed by atoms with Crippen molar-refractivity contribution in [2.45, 2.75) is 25.3 Å². The second-order valence-electron chi connectivity index (χ2n) is 6.22. The molecule has 25 heavy (non-hydrogen) atoms. The molecule has 9 heteroatoms. The highest BCUT2D eigenvalue weighted by Gasteiger charge is 2.25. The molecule has 0 unspecified atom stereocenters. The molecule has 0 atom stereocenters. The third-order valence-electron chi connectivity index (χ3n) is 4.35. The fraction of sp³-hybridized carbons (Fsp3) is 0.250. The van der Waals surface area contributed by atoms with Crippen molar-refractivity contribution in [2.24, 2.45) is 0 Å². The molecule has 9 nitrogen and oxygen atoms in total. The van der Waals surface area contributed by atoms with E-state index in [1.807, 2.05) is 15.2 Å². The van der Waals surface area contributed by atoms with Gasteiger partial charge in [0.15, 0.2) is 11.9 Å². The van der Waals surface area contributed by atoms with Crippen molar-refractivity contribution in [1.82, 2.24) is 39.1 Å². The Morgan fingerprint density at radius 3 is 2.72 bits per heavy atom. The number of rotatable bonds is 5. The number of carbonyl (C=O) groups excluding carboxylic acids is 1. The van der Waals surface area contributed by atoms with Gasteiger partial charge >= 0.3 is 0 Å². The largest absolute Gasteiger partial charge is 0.305 e. The van der Waals surface area contributed by atoms with E-state index < -0.39 is 0 Å². The van der Waals surface area contributed by atoms with Crippen LogP contribution in [0.1, 0.15) is 40.5 Å². The van der Waals surface area contributed by atoms with E-state index in [1.165, 1.54) is 18.4 Å². The molecule has 4 heterocycles. The number of nitrogens with zero attached hydrogens (tertiary/aromatic N) is 8. The predicted octanol–water partition coefficient (Wildman–Crippen LogP) is 1.24. The molecule has 0 amide bonds. The molecule has 124 valence electrons. The summed E-state index contributed by atoms with van der Waals surface area (Å²) in [5.74, 6) is 0.621. The van der Waals surface area contributed by atoms with Crippen LogP contribution >= 0.6 is 0 Å². The lowest BCUT2D eigenvalue weighted by Crippen LogP contribution is -2.00. The van der Waals surface area contributed by atoms with Crippen molar-refractivity contribution >= 4 is 11.9 Å². The van der Waals surface area contributed by atoms with Crippen molar-refractivity contribution in [3.8, 4) is 5.69 Å². The van der Waals surface area contributed by atoms with Crippen LogP contribution in [0.2, 0.25) is 0 Å². The van der Waals surface area contributed by atoms with Gasteiger partial charge < -0.3 is 4.40 Å². The number of hydrogen-bond donors (Lipinski definition) is 0. The van der Waals surface area contributed by atoms with Crippen LogP contribution in [0, 0.1) is 0 Å². The van der Waals surface area contributed by atoms with E-state index in [2.05, 4.69) is 32.8 Å². The number of carbonyl (C=O) groups is 1. The number of hydrogen-bond acceptors (Lipinski definition) is 6. The van der Waals surface area contributed by atoms with Crippen LogP contribution in [-0.4, -0.2) is 45.4 Å². The van der Waals surface area contributed by atoms with E-state index in [1.54, 1.807) is 23.5 Å². The van der Waals surface area contributed by atoms with Gasteiger partial charge in [0.25, 0.3) is 0 Å². The van der Waals surface area contributed by atoms with Crippen LogP contribution in [0.15, 0.2) is 37.3 Å². The van der Waals surface area contributed by atoms with Gasteiger partial charge in [0, 0.05) is 12.4 Å². The zero-order chi connectivity index (χ0) is 16.8. The topological polar surface area (TPSA) is 95.8 Å². The van der Waals surface area contributed by atoms with Crippen molar-refractivity contribution in [3.05, 3.63) is 54.3 Å². The average Bonchev–Trinajstić information content (AvgIpc) is 3.03. The minimum absolute atomic E-state index is 0.310. The summed E-state index contributed by atoms with van der Waals surface area (Å²) < 4.78 is 5.51. The molecule has 1 aliphatic carbocycles. The monoisotopic (exact) mass is 334 g/mol. The first-order valence-electron chi connectivity index (χ1n) is 8.02. The molecule has 0 N–H and O–H groups in total. The highest BCUT2D eigenvalue weighted by molar-refractivity contribution is 5.70. The maximum absolute atomic E-state index is 10.7. The smallest absolute Gasteiger partial charge is 0.171 e. The number of aldehydes is 1. The lowest BCUT2D eigenvalue weighted by molar-refractivity contribution is 0.111. The van der Waals surface area contributed by atoms with Crippen LogP contribution in [0.25, 0.3) is 11.3 Å². The zero-order valence-electron chi connectivity index (χ0n) is 13.2. The Labute approximate surface area is 141 Å². The first-order valence-corrected chi connectivity index (χ1v) is 8.02. The van der Waals surface area contributed by atoms with Gasteiger partial charge in [-0.1, -0.05) is 5.21 Å². The molecule has 4 aromatic rings. The molecule has 1 aliphatic rings. The molecular formula is C16H14N8O. The summed E-state index contributed by atoms with van der Waals surface area (Å²) in [4.78, 5) is 15.5. The molecule has 0 spiro atoms. The molecule has 1 fully saturated rings. The van der Waals surface area contributed by atoms with E-state index in [9.17, 15) is 4.79 Å². The van der Waals surface area contributed by atoms with Gasteiger partial charge in [0.2, 0.25) is 0 Å². The lowest BCUT2D eigenvalue weighted by Gasteiger charge is -2.07. The van der Waals surface area contributed by atoms with Gasteiger partial charge in [-0.05, 0) is 30.4 Å². The molecular weight excluding hydrogens is 320 g/mol. The molecule has 0 radical (unpaired) electrons. The Hall–Kier alpha value is -3.36. The predicted molar refractivity (Wildman–Crippen MR) is 86.6 cm³/mol. The summed E-state index contributed by atoms with van der Waals surface area (Å²) in [6, 6.07) is 2.16. The maximum atomic E-state index is 10.7. The molecule has 5 rings (SSSR count). The SMILES string of the molecule is O=Cc1cn(Cc2cn3cc(C4CC4)cc(-n4cnnc4)c3n2)nn1. The zero-order valence-corrected chi connectivity index (χ0v) is 13.2. The summed E-state index contributed by atoms with van der Waals surface area (Å²) in [5.41, 5.74) is 4.22. The van der Waals surface area contributed by atoms with Crippen molar-refractivity contribution in [3.63, 3.8) is 0 Å².